The molecular formula is C10H15N3O. The highest BCUT2D eigenvalue weighted by molar-refractivity contribution is 4.95. The Hall–Kier alpha value is -1.16. The molecule has 1 aromatic heterocycles. The summed E-state index contributed by atoms with van der Waals surface area (Å²) in [5, 5.41) is 3.37. The summed E-state index contributed by atoms with van der Waals surface area (Å²) in [6.45, 7) is 3.59. The van der Waals surface area contributed by atoms with Gasteiger partial charge in [0.25, 0.3) is 5.56 Å². The molecule has 0 saturated carbocycles. The minimum Gasteiger partial charge on any atom is -0.312 e. The number of rotatable bonds is 2. The van der Waals surface area contributed by atoms with E-state index in [1.165, 1.54) is 6.42 Å². The van der Waals surface area contributed by atoms with Gasteiger partial charge in [0.05, 0.1) is 0 Å². The molecule has 1 N–H and O–H groups in total. The van der Waals surface area contributed by atoms with Crippen LogP contribution in [-0.2, 0) is 6.54 Å². The van der Waals surface area contributed by atoms with Crippen LogP contribution in [0.15, 0.2) is 17.2 Å². The predicted molar refractivity (Wildman–Crippen MR) is 54.3 cm³/mol. The molecule has 1 aliphatic heterocycles. The van der Waals surface area contributed by atoms with Crippen molar-refractivity contribution < 1.29 is 0 Å². The summed E-state index contributed by atoms with van der Waals surface area (Å²) in [7, 11) is 0. The highest BCUT2D eigenvalue weighted by atomic mass is 16.1. The first-order valence-electron chi connectivity index (χ1n) is 5.03. The van der Waals surface area contributed by atoms with Crippen LogP contribution in [0.2, 0.25) is 0 Å². The van der Waals surface area contributed by atoms with E-state index in [0.29, 0.717) is 11.7 Å². The smallest absolute Gasteiger partial charge is 0.271 e. The molecule has 76 valence electrons. The molecule has 0 amide bonds. The van der Waals surface area contributed by atoms with Gasteiger partial charge in [0.15, 0.2) is 0 Å². The van der Waals surface area contributed by atoms with Gasteiger partial charge in [0.1, 0.15) is 5.69 Å². The molecule has 14 heavy (non-hydrogen) atoms. The van der Waals surface area contributed by atoms with Crippen molar-refractivity contribution >= 4 is 0 Å². The van der Waals surface area contributed by atoms with Crippen molar-refractivity contribution in [2.45, 2.75) is 32.4 Å². The van der Waals surface area contributed by atoms with Crippen molar-refractivity contribution in [3.63, 3.8) is 0 Å². The van der Waals surface area contributed by atoms with Crippen LogP contribution >= 0.6 is 0 Å². The van der Waals surface area contributed by atoms with Gasteiger partial charge >= 0.3 is 0 Å². The van der Waals surface area contributed by atoms with E-state index in [9.17, 15) is 4.79 Å². The summed E-state index contributed by atoms with van der Waals surface area (Å²) < 4.78 is 1.74. The monoisotopic (exact) mass is 193 g/mol. The van der Waals surface area contributed by atoms with E-state index in [1.54, 1.807) is 23.9 Å². The summed E-state index contributed by atoms with van der Waals surface area (Å²) in [6, 6.07) is 0.453. The molecule has 1 aliphatic rings. The van der Waals surface area contributed by atoms with E-state index >= 15 is 0 Å². The van der Waals surface area contributed by atoms with E-state index in [0.717, 1.165) is 19.5 Å². The summed E-state index contributed by atoms with van der Waals surface area (Å²) in [5.74, 6) is 0. The van der Waals surface area contributed by atoms with Crippen LogP contribution in [-0.4, -0.2) is 22.1 Å². The minimum absolute atomic E-state index is 0.0289. The van der Waals surface area contributed by atoms with Crippen molar-refractivity contribution in [3.05, 3.63) is 28.4 Å². The Labute approximate surface area is 83.0 Å². The number of nitrogens with one attached hydrogen (secondary N) is 1. The second kappa shape index (κ2) is 3.92. The Morgan fingerprint density at radius 2 is 2.57 bits per heavy atom. The number of hydrogen-bond donors (Lipinski definition) is 1. The fourth-order valence-electron chi connectivity index (χ4n) is 1.85. The molecule has 1 saturated heterocycles. The van der Waals surface area contributed by atoms with Crippen LogP contribution < -0.4 is 10.9 Å². The summed E-state index contributed by atoms with van der Waals surface area (Å²) >= 11 is 0. The van der Waals surface area contributed by atoms with Crippen LogP contribution in [0.5, 0.6) is 0 Å². The number of aromatic nitrogens is 2. The third-order valence-corrected chi connectivity index (χ3v) is 2.66. The maximum atomic E-state index is 11.6. The summed E-state index contributed by atoms with van der Waals surface area (Å²) in [6.07, 6.45) is 5.82. The lowest BCUT2D eigenvalue weighted by Gasteiger charge is -2.12. The highest BCUT2D eigenvalue weighted by Gasteiger charge is 2.14. The Kier molecular flexibility index (Phi) is 2.63. The van der Waals surface area contributed by atoms with Crippen LogP contribution in [0.25, 0.3) is 0 Å². The zero-order valence-corrected chi connectivity index (χ0v) is 8.36. The molecule has 4 heteroatoms. The summed E-state index contributed by atoms with van der Waals surface area (Å²) in [4.78, 5) is 15.6. The average molecular weight is 193 g/mol. The molecule has 0 radical (unpaired) electrons. The van der Waals surface area contributed by atoms with Gasteiger partial charge in [-0.1, -0.05) is 0 Å². The molecule has 1 aromatic rings. The maximum Gasteiger partial charge on any atom is 0.271 e. The van der Waals surface area contributed by atoms with E-state index < -0.39 is 0 Å². The average Bonchev–Trinajstić information content (AvgIpc) is 2.66. The van der Waals surface area contributed by atoms with Crippen LogP contribution in [0.1, 0.15) is 18.5 Å². The van der Waals surface area contributed by atoms with E-state index in [1.807, 2.05) is 0 Å². The fourth-order valence-corrected chi connectivity index (χ4v) is 1.85. The topological polar surface area (TPSA) is 46.9 Å². The molecule has 2 rings (SSSR count). The van der Waals surface area contributed by atoms with Crippen molar-refractivity contribution in [1.82, 2.24) is 14.9 Å². The zero-order chi connectivity index (χ0) is 9.97. The van der Waals surface area contributed by atoms with Crippen molar-refractivity contribution in [2.24, 2.45) is 0 Å². The lowest BCUT2D eigenvalue weighted by atomic mass is 10.2. The van der Waals surface area contributed by atoms with Gasteiger partial charge in [0.2, 0.25) is 0 Å². The first-order chi connectivity index (χ1) is 6.77. The van der Waals surface area contributed by atoms with E-state index in [-0.39, 0.29) is 5.56 Å². The second-order valence-corrected chi connectivity index (χ2v) is 3.76. The molecule has 1 fully saturated rings. The first kappa shape index (κ1) is 9.40. The van der Waals surface area contributed by atoms with Crippen LogP contribution in [0, 0.1) is 6.92 Å². The zero-order valence-electron chi connectivity index (χ0n) is 8.36. The quantitative estimate of drug-likeness (QED) is 0.735. The minimum atomic E-state index is 0.0289. The largest absolute Gasteiger partial charge is 0.312 e. The normalized spacial score (nSPS) is 21.4. The lowest BCUT2D eigenvalue weighted by Crippen LogP contribution is -2.33. The number of nitrogens with zero attached hydrogens (tertiary/aromatic N) is 2. The van der Waals surface area contributed by atoms with Crippen molar-refractivity contribution in [2.75, 3.05) is 6.54 Å². The molecule has 0 aliphatic carbocycles. The van der Waals surface area contributed by atoms with Gasteiger partial charge < -0.3 is 9.88 Å². The maximum absolute atomic E-state index is 11.6. The molecule has 0 bridgehead atoms. The standard InChI is InChI=1S/C10H15N3O/c1-8-10(14)13(6-5-11-8)7-9-3-2-4-12-9/h5-6,9,12H,2-4,7H2,1H3/t9-/m0/s1. The molecule has 2 heterocycles. The van der Waals surface area contributed by atoms with Gasteiger partial charge in [-0.3, -0.25) is 9.78 Å². The first-order valence-corrected chi connectivity index (χ1v) is 5.03. The second-order valence-electron chi connectivity index (χ2n) is 3.76. The summed E-state index contributed by atoms with van der Waals surface area (Å²) in [5.41, 5.74) is 0.603. The van der Waals surface area contributed by atoms with Gasteiger partial charge in [-0.15, -0.1) is 0 Å². The lowest BCUT2D eigenvalue weighted by molar-refractivity contribution is 0.496. The molecular weight excluding hydrogens is 178 g/mol. The van der Waals surface area contributed by atoms with Crippen molar-refractivity contribution in [3.8, 4) is 0 Å². The van der Waals surface area contributed by atoms with Gasteiger partial charge in [-0.05, 0) is 26.3 Å². The number of aryl methyl sites for hydroxylation is 1. The Balaban J connectivity index is 2.16. The van der Waals surface area contributed by atoms with Crippen LogP contribution in [0.4, 0.5) is 0 Å². The Morgan fingerprint density at radius 1 is 1.71 bits per heavy atom. The van der Waals surface area contributed by atoms with E-state index in [4.69, 9.17) is 0 Å². The van der Waals surface area contributed by atoms with Gasteiger partial charge in [-0.25, -0.2) is 0 Å². The van der Waals surface area contributed by atoms with Gasteiger partial charge in [0, 0.05) is 25.0 Å². The Morgan fingerprint density at radius 3 is 3.29 bits per heavy atom. The third-order valence-electron chi connectivity index (χ3n) is 2.66. The van der Waals surface area contributed by atoms with E-state index in [2.05, 4.69) is 10.3 Å². The molecule has 0 spiro atoms. The van der Waals surface area contributed by atoms with Gasteiger partial charge in [-0.2, -0.15) is 0 Å². The molecule has 1 atom stereocenters. The fraction of sp³-hybridized carbons (Fsp3) is 0.600. The van der Waals surface area contributed by atoms with Crippen molar-refractivity contribution in [1.29, 1.82) is 0 Å². The number of hydrogen-bond acceptors (Lipinski definition) is 3. The predicted octanol–water partition coefficient (Wildman–Crippen LogP) is 0.304. The molecule has 0 aromatic carbocycles. The SMILES string of the molecule is Cc1nccn(C[C@@H]2CCCN2)c1=O. The Bertz CT molecular complexity index is 366. The molecule has 0 unspecified atom stereocenters. The molecule has 4 nitrogen and oxygen atoms in total. The van der Waals surface area contributed by atoms with Crippen LogP contribution in [0.3, 0.4) is 0 Å². The third kappa shape index (κ3) is 1.85. The highest BCUT2D eigenvalue weighted by Crippen LogP contribution is 2.05.